The molecule has 0 bridgehead atoms. The number of amidine groups is 1. The molecule has 2 saturated heterocycles. The number of thiophene rings is 1. The molecular weight excluding hydrogens is 585 g/mol. The number of nitrogens with two attached hydrogens (primary N) is 1. The van der Waals surface area contributed by atoms with Crippen LogP contribution in [-0.2, 0) is 19.1 Å². The van der Waals surface area contributed by atoms with Crippen LogP contribution in [0.3, 0.4) is 0 Å². The molecule has 2 aliphatic rings. The number of nitrogens with one attached hydrogen (secondary N) is 3. The van der Waals surface area contributed by atoms with Gasteiger partial charge >= 0.3 is 0 Å². The van der Waals surface area contributed by atoms with Gasteiger partial charge in [-0.2, -0.15) is 0 Å². The van der Waals surface area contributed by atoms with Gasteiger partial charge in [-0.25, -0.2) is 4.39 Å². The highest BCUT2D eigenvalue weighted by Gasteiger charge is 2.52. The number of nitrogen functional groups attached to an aromatic ring is 1. The van der Waals surface area contributed by atoms with E-state index in [1.165, 1.54) is 34.4 Å². The molecule has 10 nitrogen and oxygen atoms in total. The lowest BCUT2D eigenvalue weighted by atomic mass is 10.0. The van der Waals surface area contributed by atoms with Crippen molar-refractivity contribution in [2.75, 3.05) is 26.3 Å². The first kappa shape index (κ1) is 29.6. The normalized spacial score (nSPS) is 18.2. The van der Waals surface area contributed by atoms with E-state index in [1.54, 1.807) is 42.6 Å². The highest BCUT2D eigenvalue weighted by atomic mass is 35.5. The second kappa shape index (κ2) is 12.2. The number of benzene rings is 2. The van der Waals surface area contributed by atoms with Gasteiger partial charge in [0.2, 0.25) is 11.8 Å². The van der Waals surface area contributed by atoms with Crippen LogP contribution in [0.15, 0.2) is 53.9 Å². The molecular formula is C29H29ClFN5O5S. The molecule has 3 amide bonds. The lowest BCUT2D eigenvalue weighted by Crippen LogP contribution is -2.49. The molecule has 3 heterocycles. The van der Waals surface area contributed by atoms with Gasteiger partial charge < -0.3 is 30.7 Å². The highest BCUT2D eigenvalue weighted by molar-refractivity contribution is 7.10. The monoisotopic (exact) mass is 613 g/mol. The molecule has 13 heteroatoms. The second-order valence-corrected chi connectivity index (χ2v) is 11.5. The number of rotatable bonds is 8. The Bertz CT molecular complexity index is 1520. The third kappa shape index (κ3) is 6.31. The first-order valence-electron chi connectivity index (χ1n) is 13.2. The minimum atomic E-state index is -1.08. The van der Waals surface area contributed by atoms with E-state index in [0.717, 1.165) is 4.88 Å². The molecule has 3 aromatic rings. The van der Waals surface area contributed by atoms with E-state index < -0.39 is 35.5 Å². The van der Waals surface area contributed by atoms with Crippen molar-refractivity contribution in [3.05, 3.63) is 80.8 Å². The Kier molecular flexibility index (Phi) is 8.60. The molecule has 1 aromatic heterocycles. The van der Waals surface area contributed by atoms with Crippen molar-refractivity contribution in [3.63, 3.8) is 0 Å². The molecule has 2 aromatic carbocycles. The Balaban J connectivity index is 1.23. The van der Waals surface area contributed by atoms with Gasteiger partial charge in [0.15, 0.2) is 5.79 Å². The van der Waals surface area contributed by atoms with Gasteiger partial charge in [-0.05, 0) is 48.9 Å². The molecule has 1 spiro atoms. The summed E-state index contributed by atoms with van der Waals surface area (Å²) >= 11 is 7.20. The number of carbonyl (C=O) groups is 3. The van der Waals surface area contributed by atoms with E-state index in [-0.39, 0.29) is 41.8 Å². The second-order valence-electron chi connectivity index (χ2n) is 10.1. The van der Waals surface area contributed by atoms with Crippen molar-refractivity contribution < 1.29 is 28.2 Å². The fourth-order valence-corrected chi connectivity index (χ4v) is 6.10. The minimum Gasteiger partial charge on any atom is -0.384 e. The first-order valence-corrected chi connectivity index (χ1v) is 14.5. The predicted molar refractivity (Wildman–Crippen MR) is 156 cm³/mol. The van der Waals surface area contributed by atoms with Crippen molar-refractivity contribution >= 4 is 46.5 Å². The summed E-state index contributed by atoms with van der Waals surface area (Å²) in [5.41, 5.74) is 7.32. The van der Waals surface area contributed by atoms with Gasteiger partial charge in [0.25, 0.3) is 5.91 Å². The maximum absolute atomic E-state index is 14.3. The smallest absolute Gasteiger partial charge is 0.251 e. The van der Waals surface area contributed by atoms with Gasteiger partial charge in [-0.15, -0.1) is 11.3 Å². The molecule has 220 valence electrons. The van der Waals surface area contributed by atoms with E-state index in [9.17, 15) is 18.8 Å². The number of hydrogen-bond donors (Lipinski definition) is 4. The summed E-state index contributed by atoms with van der Waals surface area (Å²) in [6, 6.07) is 11.1. The summed E-state index contributed by atoms with van der Waals surface area (Å²) in [5.74, 6) is -2.98. The van der Waals surface area contributed by atoms with Crippen molar-refractivity contribution in [3.8, 4) is 11.1 Å². The standard InChI is InChI=1S/C29H29ClFN5O5S/c1-16(24-10-19(14-42-24)26(32)33)35-28(39)23-12-29(40-8-9-41-29)15-36(23)25(37)13-34-27(38)18-4-2-17(3-5-18)21-7-6-20(30)11-22(21)31/h2-7,10-11,14,16,23H,8-9,12-13,15H2,1H3,(H3,32,33)(H,34,38)(H,35,39)/t16-,23+/m1/s1. The Hall–Kier alpha value is -3.84. The lowest BCUT2D eigenvalue weighted by molar-refractivity contribution is -0.152. The quantitative estimate of drug-likeness (QED) is 0.226. The molecule has 0 aliphatic carbocycles. The average Bonchev–Trinajstić information content (AvgIpc) is 3.72. The van der Waals surface area contributed by atoms with Crippen molar-refractivity contribution in [2.24, 2.45) is 5.73 Å². The molecule has 2 fully saturated rings. The highest BCUT2D eigenvalue weighted by Crippen LogP contribution is 2.35. The Morgan fingerprint density at radius 2 is 1.88 bits per heavy atom. The predicted octanol–water partition coefficient (Wildman–Crippen LogP) is 3.44. The summed E-state index contributed by atoms with van der Waals surface area (Å²) in [4.78, 5) is 41.7. The lowest BCUT2D eigenvalue weighted by Gasteiger charge is -2.25. The maximum Gasteiger partial charge on any atom is 0.251 e. The zero-order valence-corrected chi connectivity index (χ0v) is 24.2. The van der Waals surface area contributed by atoms with Crippen LogP contribution in [0.25, 0.3) is 11.1 Å². The average molecular weight is 614 g/mol. The molecule has 0 saturated carbocycles. The van der Waals surface area contributed by atoms with Crippen molar-refractivity contribution in [1.29, 1.82) is 5.41 Å². The SMILES string of the molecule is C[C@@H](NC(=O)[C@@H]1CC2(CN1C(=O)CNC(=O)c1ccc(-c3ccc(Cl)cc3F)cc1)OCCO2)c1cc(C(=N)N)cs1. The molecule has 42 heavy (non-hydrogen) atoms. The van der Waals surface area contributed by atoms with E-state index in [1.807, 2.05) is 0 Å². The van der Waals surface area contributed by atoms with Crippen LogP contribution >= 0.6 is 22.9 Å². The number of ether oxygens (including phenoxy) is 2. The van der Waals surface area contributed by atoms with Crippen LogP contribution in [-0.4, -0.2) is 66.6 Å². The van der Waals surface area contributed by atoms with Gasteiger partial charge in [-0.3, -0.25) is 19.8 Å². The first-order chi connectivity index (χ1) is 20.0. The van der Waals surface area contributed by atoms with E-state index in [2.05, 4.69) is 10.6 Å². The Morgan fingerprint density at radius 3 is 2.52 bits per heavy atom. The van der Waals surface area contributed by atoms with Crippen LogP contribution < -0.4 is 16.4 Å². The molecule has 0 unspecified atom stereocenters. The zero-order valence-electron chi connectivity index (χ0n) is 22.6. The fraction of sp³-hybridized carbons (Fsp3) is 0.310. The van der Waals surface area contributed by atoms with E-state index in [4.69, 9.17) is 32.2 Å². The van der Waals surface area contributed by atoms with Crippen LogP contribution in [0.1, 0.15) is 40.2 Å². The van der Waals surface area contributed by atoms with Gasteiger partial charge in [0, 0.05) is 38.4 Å². The van der Waals surface area contributed by atoms with Gasteiger partial charge in [0.05, 0.1) is 32.3 Å². The summed E-state index contributed by atoms with van der Waals surface area (Å²) in [7, 11) is 0. The van der Waals surface area contributed by atoms with E-state index in [0.29, 0.717) is 29.9 Å². The molecule has 2 aliphatic heterocycles. The van der Waals surface area contributed by atoms with Crippen molar-refractivity contribution in [1.82, 2.24) is 15.5 Å². The van der Waals surface area contributed by atoms with Crippen LogP contribution in [0, 0.1) is 11.2 Å². The number of amides is 3. The third-order valence-electron chi connectivity index (χ3n) is 7.23. The number of hydrogen-bond acceptors (Lipinski definition) is 7. The maximum atomic E-state index is 14.3. The molecule has 2 atom stereocenters. The minimum absolute atomic E-state index is 0.0447. The van der Waals surface area contributed by atoms with Gasteiger partial charge in [0.1, 0.15) is 17.7 Å². The van der Waals surface area contributed by atoms with Crippen LogP contribution in [0.4, 0.5) is 4.39 Å². The topological polar surface area (TPSA) is 147 Å². The van der Waals surface area contributed by atoms with Crippen LogP contribution in [0.2, 0.25) is 5.02 Å². The zero-order chi connectivity index (χ0) is 30.0. The number of nitrogens with zero attached hydrogens (tertiary/aromatic N) is 1. The van der Waals surface area contributed by atoms with E-state index >= 15 is 0 Å². The number of likely N-dealkylation sites (tertiary alicyclic amines) is 1. The fourth-order valence-electron chi connectivity index (χ4n) is 5.03. The van der Waals surface area contributed by atoms with Gasteiger partial charge in [-0.1, -0.05) is 23.7 Å². The van der Waals surface area contributed by atoms with Crippen molar-refractivity contribution in [2.45, 2.75) is 31.2 Å². The molecule has 5 rings (SSSR count). The number of carbonyl (C=O) groups excluding carboxylic acids is 3. The number of halogens is 2. The molecule has 5 N–H and O–H groups in total. The summed E-state index contributed by atoms with van der Waals surface area (Å²) in [5, 5.41) is 15.2. The molecule has 0 radical (unpaired) electrons. The Morgan fingerprint density at radius 1 is 1.17 bits per heavy atom. The summed E-state index contributed by atoms with van der Waals surface area (Å²) < 4.78 is 25.8. The third-order valence-corrected chi connectivity index (χ3v) is 8.58. The van der Waals surface area contributed by atoms with Crippen LogP contribution in [0.5, 0.6) is 0 Å². The summed E-state index contributed by atoms with van der Waals surface area (Å²) in [6.07, 6.45) is 0.150. The largest absolute Gasteiger partial charge is 0.384 e. The summed E-state index contributed by atoms with van der Waals surface area (Å²) in [6.45, 7) is 2.20. The Labute approximate surface area is 250 Å².